The Morgan fingerprint density at radius 2 is 1.96 bits per heavy atom. The van der Waals surface area contributed by atoms with Crippen molar-refractivity contribution < 1.29 is 18.8 Å². The van der Waals surface area contributed by atoms with Crippen molar-refractivity contribution in [2.45, 2.75) is 19.4 Å². The van der Waals surface area contributed by atoms with E-state index in [9.17, 15) is 4.79 Å². The fourth-order valence-electron chi connectivity index (χ4n) is 2.63. The second kappa shape index (κ2) is 9.28. The SMILES string of the molecule is COc1cc(Cl)ccc1OCc1cc(C(=O)NC[C@@H](C)c2ccccc2)no1. The van der Waals surface area contributed by atoms with Gasteiger partial charge >= 0.3 is 0 Å². The Morgan fingerprint density at radius 3 is 2.71 bits per heavy atom. The van der Waals surface area contributed by atoms with Crippen LogP contribution in [0.25, 0.3) is 0 Å². The van der Waals surface area contributed by atoms with Gasteiger partial charge in [0.15, 0.2) is 23.0 Å². The molecule has 0 spiro atoms. The third kappa shape index (κ3) is 5.04. The van der Waals surface area contributed by atoms with E-state index in [1.807, 2.05) is 30.3 Å². The van der Waals surface area contributed by atoms with Crippen molar-refractivity contribution in [1.29, 1.82) is 0 Å². The molecule has 1 atom stereocenters. The van der Waals surface area contributed by atoms with Crippen molar-refractivity contribution in [3.8, 4) is 11.5 Å². The number of aromatic nitrogens is 1. The number of halogens is 1. The molecule has 1 amide bonds. The summed E-state index contributed by atoms with van der Waals surface area (Å²) in [6.45, 7) is 2.67. The summed E-state index contributed by atoms with van der Waals surface area (Å²) in [7, 11) is 1.53. The number of amides is 1. The Kier molecular flexibility index (Phi) is 6.55. The first-order chi connectivity index (χ1) is 13.6. The molecule has 0 radical (unpaired) electrons. The van der Waals surface area contributed by atoms with Crippen LogP contribution in [0.3, 0.4) is 0 Å². The highest BCUT2D eigenvalue weighted by Gasteiger charge is 2.15. The van der Waals surface area contributed by atoms with Crippen molar-refractivity contribution in [3.63, 3.8) is 0 Å². The highest BCUT2D eigenvalue weighted by atomic mass is 35.5. The number of benzene rings is 2. The van der Waals surface area contributed by atoms with Crippen LogP contribution in [-0.2, 0) is 6.61 Å². The minimum atomic E-state index is -0.290. The number of hydrogen-bond donors (Lipinski definition) is 1. The van der Waals surface area contributed by atoms with Gasteiger partial charge in [-0.05, 0) is 23.6 Å². The Labute approximate surface area is 168 Å². The molecular weight excluding hydrogens is 380 g/mol. The van der Waals surface area contributed by atoms with Crippen molar-refractivity contribution in [2.24, 2.45) is 0 Å². The fourth-order valence-corrected chi connectivity index (χ4v) is 2.80. The molecule has 0 aliphatic heterocycles. The summed E-state index contributed by atoms with van der Waals surface area (Å²) in [6.07, 6.45) is 0. The lowest BCUT2D eigenvalue weighted by Gasteiger charge is -2.12. The van der Waals surface area contributed by atoms with E-state index < -0.39 is 0 Å². The van der Waals surface area contributed by atoms with Crippen LogP contribution in [0.1, 0.15) is 34.7 Å². The van der Waals surface area contributed by atoms with Gasteiger partial charge in [-0.1, -0.05) is 54.0 Å². The van der Waals surface area contributed by atoms with E-state index >= 15 is 0 Å². The van der Waals surface area contributed by atoms with E-state index in [1.165, 1.54) is 7.11 Å². The zero-order valence-electron chi connectivity index (χ0n) is 15.6. The number of ether oxygens (including phenoxy) is 2. The molecule has 0 saturated heterocycles. The number of carbonyl (C=O) groups excluding carboxylic acids is 1. The number of nitrogens with zero attached hydrogens (tertiary/aromatic N) is 1. The molecule has 0 bridgehead atoms. The minimum Gasteiger partial charge on any atom is -0.493 e. The second-order valence-electron chi connectivity index (χ2n) is 6.28. The summed E-state index contributed by atoms with van der Waals surface area (Å²) < 4.78 is 16.1. The standard InChI is InChI=1S/C21H21ClN2O4/c1-14(15-6-4-3-5-7-15)12-23-21(25)18-11-17(28-24-18)13-27-19-9-8-16(22)10-20(19)26-2/h3-11,14H,12-13H2,1-2H3,(H,23,25)/t14-/m1/s1. The van der Waals surface area contributed by atoms with Crippen molar-refractivity contribution in [2.75, 3.05) is 13.7 Å². The lowest BCUT2D eigenvalue weighted by Crippen LogP contribution is -2.27. The molecule has 3 aromatic rings. The van der Waals surface area contributed by atoms with Crippen LogP contribution in [0.5, 0.6) is 11.5 Å². The van der Waals surface area contributed by atoms with Crippen LogP contribution in [-0.4, -0.2) is 24.7 Å². The Morgan fingerprint density at radius 1 is 1.18 bits per heavy atom. The first kappa shape index (κ1) is 19.8. The summed E-state index contributed by atoms with van der Waals surface area (Å²) in [5.74, 6) is 1.36. The summed E-state index contributed by atoms with van der Waals surface area (Å²) >= 11 is 5.93. The number of rotatable bonds is 8. The predicted molar refractivity (Wildman–Crippen MR) is 106 cm³/mol. The predicted octanol–water partition coefficient (Wildman–Crippen LogP) is 4.45. The maximum atomic E-state index is 12.3. The molecule has 0 aliphatic carbocycles. The average molecular weight is 401 g/mol. The van der Waals surface area contributed by atoms with Crippen LogP contribution in [0.15, 0.2) is 59.1 Å². The molecule has 1 N–H and O–H groups in total. The number of carbonyl (C=O) groups is 1. The van der Waals surface area contributed by atoms with Gasteiger partial charge in [-0.15, -0.1) is 0 Å². The van der Waals surface area contributed by atoms with E-state index in [0.717, 1.165) is 5.56 Å². The molecule has 0 unspecified atom stereocenters. The van der Waals surface area contributed by atoms with Gasteiger partial charge in [-0.25, -0.2) is 0 Å². The molecule has 2 aromatic carbocycles. The topological polar surface area (TPSA) is 73.6 Å². The van der Waals surface area contributed by atoms with Crippen molar-refractivity contribution >= 4 is 17.5 Å². The Hall–Kier alpha value is -2.99. The molecule has 3 rings (SSSR count). The van der Waals surface area contributed by atoms with E-state index in [0.29, 0.717) is 28.8 Å². The zero-order valence-corrected chi connectivity index (χ0v) is 16.4. The Balaban J connectivity index is 1.54. The molecule has 0 aliphatic rings. The molecule has 28 heavy (non-hydrogen) atoms. The van der Waals surface area contributed by atoms with Gasteiger partial charge in [0.05, 0.1) is 7.11 Å². The second-order valence-corrected chi connectivity index (χ2v) is 6.72. The van der Waals surface area contributed by atoms with Crippen molar-refractivity contribution in [3.05, 3.63) is 76.6 Å². The smallest absolute Gasteiger partial charge is 0.273 e. The Bertz CT molecular complexity index is 927. The molecule has 146 valence electrons. The fraction of sp³-hybridized carbons (Fsp3) is 0.238. The van der Waals surface area contributed by atoms with Crippen molar-refractivity contribution in [1.82, 2.24) is 10.5 Å². The molecule has 1 heterocycles. The zero-order chi connectivity index (χ0) is 19.9. The van der Waals surface area contributed by atoms with E-state index in [4.69, 9.17) is 25.6 Å². The van der Waals surface area contributed by atoms with E-state index in [1.54, 1.807) is 24.3 Å². The molecular formula is C21H21ClN2O4. The van der Waals surface area contributed by atoms with Crippen LogP contribution < -0.4 is 14.8 Å². The number of nitrogens with one attached hydrogen (secondary N) is 1. The number of methoxy groups -OCH3 is 1. The largest absolute Gasteiger partial charge is 0.493 e. The van der Waals surface area contributed by atoms with Crippen LogP contribution >= 0.6 is 11.6 Å². The third-order valence-corrected chi connectivity index (χ3v) is 4.46. The van der Waals surface area contributed by atoms with Gasteiger partial charge in [0.2, 0.25) is 0 Å². The summed E-state index contributed by atoms with van der Waals surface area (Å²) in [5.41, 5.74) is 1.37. The van der Waals surface area contributed by atoms with Crippen LogP contribution in [0.4, 0.5) is 0 Å². The van der Waals surface area contributed by atoms with Gasteiger partial charge in [0.25, 0.3) is 5.91 Å². The summed E-state index contributed by atoms with van der Waals surface area (Å²) in [6, 6.07) is 16.6. The normalized spacial score (nSPS) is 11.7. The molecule has 7 heteroatoms. The summed E-state index contributed by atoms with van der Waals surface area (Å²) in [5, 5.41) is 7.24. The van der Waals surface area contributed by atoms with Gasteiger partial charge in [0.1, 0.15) is 6.61 Å². The number of hydrogen-bond acceptors (Lipinski definition) is 5. The van der Waals surface area contributed by atoms with Crippen LogP contribution in [0, 0.1) is 0 Å². The van der Waals surface area contributed by atoms with E-state index in [-0.39, 0.29) is 24.1 Å². The molecule has 0 saturated carbocycles. The molecule has 6 nitrogen and oxygen atoms in total. The first-order valence-electron chi connectivity index (χ1n) is 8.82. The highest BCUT2D eigenvalue weighted by Crippen LogP contribution is 2.30. The maximum absolute atomic E-state index is 12.3. The quantitative estimate of drug-likeness (QED) is 0.604. The monoisotopic (exact) mass is 400 g/mol. The minimum absolute atomic E-state index is 0.110. The van der Waals surface area contributed by atoms with Gasteiger partial charge < -0.3 is 19.3 Å². The lowest BCUT2D eigenvalue weighted by molar-refractivity contribution is 0.0942. The van der Waals surface area contributed by atoms with Gasteiger partial charge in [0, 0.05) is 23.7 Å². The summed E-state index contributed by atoms with van der Waals surface area (Å²) in [4.78, 5) is 12.3. The maximum Gasteiger partial charge on any atom is 0.273 e. The van der Waals surface area contributed by atoms with Gasteiger partial charge in [-0.2, -0.15) is 0 Å². The highest BCUT2D eigenvalue weighted by molar-refractivity contribution is 6.30. The average Bonchev–Trinajstić information content (AvgIpc) is 3.20. The first-order valence-corrected chi connectivity index (χ1v) is 9.19. The third-order valence-electron chi connectivity index (χ3n) is 4.22. The van der Waals surface area contributed by atoms with Crippen LogP contribution in [0.2, 0.25) is 5.02 Å². The molecule has 1 aromatic heterocycles. The lowest BCUT2D eigenvalue weighted by atomic mass is 10.0. The van der Waals surface area contributed by atoms with Gasteiger partial charge in [-0.3, -0.25) is 4.79 Å². The van der Waals surface area contributed by atoms with E-state index in [2.05, 4.69) is 17.4 Å². The molecule has 0 fully saturated rings.